The van der Waals surface area contributed by atoms with Crippen LogP contribution in [0.1, 0.15) is 11.1 Å². The van der Waals surface area contributed by atoms with Crippen molar-refractivity contribution in [3.8, 4) is 0 Å². The van der Waals surface area contributed by atoms with E-state index in [0.717, 1.165) is 10.8 Å². The number of nitro groups is 3. The van der Waals surface area contributed by atoms with Gasteiger partial charge in [-0.15, -0.1) is 0 Å². The van der Waals surface area contributed by atoms with Crippen LogP contribution >= 0.6 is 0 Å². The van der Waals surface area contributed by atoms with Gasteiger partial charge >= 0.3 is 5.97 Å². The van der Waals surface area contributed by atoms with E-state index >= 15 is 0 Å². The highest BCUT2D eigenvalue weighted by molar-refractivity contribution is 5.93. The predicted octanol–water partition coefficient (Wildman–Crippen LogP) is 6.36. The molecule has 0 spiro atoms. The number of nitro benzene ring substituents is 3. The Kier molecular flexibility index (Phi) is 9.35. The average molecular weight is 595 g/mol. The minimum absolute atomic E-state index is 0.125. The van der Waals surface area contributed by atoms with Crippen molar-refractivity contribution in [3.63, 3.8) is 0 Å². The Hall–Kier alpha value is -6.44. The summed E-state index contributed by atoms with van der Waals surface area (Å²) >= 11 is 0. The number of carboxylic acid groups (broad SMARTS) is 1. The summed E-state index contributed by atoms with van der Waals surface area (Å²) in [4.78, 5) is 53.5. The number of aliphatic carboxylic acids is 1. The lowest BCUT2D eigenvalue weighted by atomic mass is 10.0. The zero-order valence-corrected chi connectivity index (χ0v) is 22.9. The molecule has 14 nitrogen and oxygen atoms in total. The Morgan fingerprint density at radius 2 is 1.16 bits per heavy atom. The molecule has 0 amide bonds. The molecule has 6 rings (SSSR count). The van der Waals surface area contributed by atoms with Crippen molar-refractivity contribution in [2.45, 2.75) is 13.3 Å². The van der Waals surface area contributed by atoms with Crippen LogP contribution in [0.4, 0.5) is 17.1 Å². The number of hydrogen-bond donors (Lipinski definition) is 1. The van der Waals surface area contributed by atoms with Gasteiger partial charge in [-0.25, -0.2) is 0 Å². The van der Waals surface area contributed by atoms with Crippen LogP contribution in [-0.2, 0) is 11.2 Å². The van der Waals surface area contributed by atoms with Gasteiger partial charge in [0.25, 0.3) is 17.1 Å². The Balaban J connectivity index is 0.000000152. The molecule has 1 N–H and O–H groups in total. The van der Waals surface area contributed by atoms with Gasteiger partial charge in [-0.3, -0.25) is 50.1 Å². The van der Waals surface area contributed by atoms with Gasteiger partial charge in [-0.1, -0.05) is 36.4 Å². The Morgan fingerprint density at radius 3 is 1.68 bits per heavy atom. The molecule has 0 aliphatic heterocycles. The first kappa shape index (κ1) is 30.5. The average Bonchev–Trinajstić information content (AvgIpc) is 3.00. The van der Waals surface area contributed by atoms with Crippen LogP contribution in [0.3, 0.4) is 0 Å². The zero-order chi connectivity index (χ0) is 31.8. The van der Waals surface area contributed by atoms with Gasteiger partial charge in [0.2, 0.25) is 0 Å². The van der Waals surface area contributed by atoms with Crippen molar-refractivity contribution in [1.29, 1.82) is 0 Å². The standard InChI is InChI=1S/C11H8N2O4.C10H8N2O2.C9H6N2O2/c14-10(15)5-7-1-2-8-6-12-4-3-9(8)11(7)13(16)17;1-7-2-3-8-6-11-5-4-9(8)10(7)12(13)14;12-11(13)9-3-1-2-7-6-10-5-4-8(7)9/h1-4,6H,5H2,(H,14,15);2-6H,1H3;1-6H. The van der Waals surface area contributed by atoms with E-state index in [4.69, 9.17) is 5.11 Å². The monoisotopic (exact) mass is 594 g/mol. The molecule has 6 aromatic rings. The van der Waals surface area contributed by atoms with Gasteiger partial charge < -0.3 is 5.11 Å². The summed E-state index contributed by atoms with van der Waals surface area (Å²) in [6.45, 7) is 1.73. The number of nitrogens with zero attached hydrogens (tertiary/aromatic N) is 6. The fourth-order valence-electron chi connectivity index (χ4n) is 4.49. The normalized spacial score (nSPS) is 10.3. The zero-order valence-electron chi connectivity index (χ0n) is 22.9. The van der Waals surface area contributed by atoms with Crippen LogP contribution < -0.4 is 0 Å². The van der Waals surface area contributed by atoms with Crippen molar-refractivity contribution in [1.82, 2.24) is 15.0 Å². The SMILES string of the molecule is Cc1ccc2cnccc2c1[N+](=O)[O-].O=C(O)Cc1ccc2cnccc2c1[N+](=O)[O-].O=[N+]([O-])c1cccc2cnccc12. The molecule has 3 heterocycles. The number of non-ortho nitro benzene ring substituents is 1. The van der Waals surface area contributed by atoms with E-state index in [2.05, 4.69) is 15.0 Å². The molecular formula is C30H22N6O8. The summed E-state index contributed by atoms with van der Waals surface area (Å²) < 4.78 is 0. The molecule has 44 heavy (non-hydrogen) atoms. The second kappa shape index (κ2) is 13.5. The fraction of sp³-hybridized carbons (Fsp3) is 0.0667. The second-order valence-corrected chi connectivity index (χ2v) is 9.21. The number of pyridine rings is 3. The van der Waals surface area contributed by atoms with Crippen molar-refractivity contribution in [3.05, 3.63) is 139 Å². The summed E-state index contributed by atoms with van der Waals surface area (Å²) in [6, 6.07) is 16.4. The first-order chi connectivity index (χ1) is 21.1. The van der Waals surface area contributed by atoms with Gasteiger partial charge in [0.1, 0.15) is 0 Å². The molecular weight excluding hydrogens is 572 g/mol. The molecule has 0 unspecified atom stereocenters. The van der Waals surface area contributed by atoms with E-state index in [0.29, 0.717) is 27.1 Å². The van der Waals surface area contributed by atoms with Crippen molar-refractivity contribution >= 4 is 55.3 Å². The smallest absolute Gasteiger partial charge is 0.308 e. The molecule has 0 bridgehead atoms. The lowest BCUT2D eigenvalue weighted by molar-refractivity contribution is -0.383. The third-order valence-corrected chi connectivity index (χ3v) is 6.43. The van der Waals surface area contributed by atoms with E-state index in [1.165, 1.54) is 30.6 Å². The maximum atomic E-state index is 11.0. The molecule has 0 saturated carbocycles. The Bertz CT molecular complexity index is 2040. The van der Waals surface area contributed by atoms with Crippen LogP contribution in [0.2, 0.25) is 0 Å². The summed E-state index contributed by atoms with van der Waals surface area (Å²) in [5, 5.41) is 45.0. The highest BCUT2D eigenvalue weighted by Gasteiger charge is 2.20. The van der Waals surface area contributed by atoms with Crippen LogP contribution in [0.25, 0.3) is 32.3 Å². The van der Waals surface area contributed by atoms with E-state index in [9.17, 15) is 35.1 Å². The highest BCUT2D eigenvalue weighted by atomic mass is 16.6. The van der Waals surface area contributed by atoms with Gasteiger partial charge in [0, 0.05) is 70.5 Å². The van der Waals surface area contributed by atoms with Crippen molar-refractivity contribution < 1.29 is 24.7 Å². The molecule has 0 aliphatic carbocycles. The van der Waals surface area contributed by atoms with Gasteiger partial charge in [0.05, 0.1) is 37.3 Å². The second-order valence-electron chi connectivity index (χ2n) is 9.21. The quantitative estimate of drug-likeness (QED) is 0.171. The largest absolute Gasteiger partial charge is 0.481 e. The van der Waals surface area contributed by atoms with Crippen LogP contribution in [0.5, 0.6) is 0 Å². The summed E-state index contributed by atoms with van der Waals surface area (Å²) in [5.41, 5.74) is 1.01. The lowest BCUT2D eigenvalue weighted by Gasteiger charge is -2.03. The molecule has 0 radical (unpaired) electrons. The molecule has 0 aliphatic rings. The first-order valence-electron chi connectivity index (χ1n) is 12.7. The third-order valence-electron chi connectivity index (χ3n) is 6.43. The van der Waals surface area contributed by atoms with Gasteiger partial charge in [-0.2, -0.15) is 0 Å². The predicted molar refractivity (Wildman–Crippen MR) is 161 cm³/mol. The topological polar surface area (TPSA) is 205 Å². The van der Waals surface area contributed by atoms with Gasteiger partial charge in [-0.05, 0) is 25.1 Å². The van der Waals surface area contributed by atoms with E-state index in [-0.39, 0.29) is 38.9 Å². The van der Waals surface area contributed by atoms with Crippen LogP contribution in [-0.4, -0.2) is 40.8 Å². The molecule has 0 fully saturated rings. The van der Waals surface area contributed by atoms with Crippen molar-refractivity contribution in [2.24, 2.45) is 0 Å². The highest BCUT2D eigenvalue weighted by Crippen LogP contribution is 2.30. The Morgan fingerprint density at radius 1 is 0.659 bits per heavy atom. The van der Waals surface area contributed by atoms with E-state index in [1.54, 1.807) is 68.1 Å². The molecule has 14 heteroatoms. The number of fused-ring (bicyclic) bond motifs is 3. The number of carbonyl (C=O) groups is 1. The van der Waals surface area contributed by atoms with Crippen molar-refractivity contribution in [2.75, 3.05) is 0 Å². The molecule has 3 aromatic heterocycles. The third kappa shape index (κ3) is 6.88. The maximum absolute atomic E-state index is 11.0. The van der Waals surface area contributed by atoms with Crippen LogP contribution in [0, 0.1) is 37.3 Å². The van der Waals surface area contributed by atoms with Gasteiger partial charge in [0.15, 0.2) is 0 Å². The number of rotatable bonds is 5. The summed E-state index contributed by atoms with van der Waals surface area (Å²) in [7, 11) is 0. The minimum Gasteiger partial charge on any atom is -0.481 e. The van der Waals surface area contributed by atoms with Crippen LogP contribution in [0.15, 0.2) is 97.8 Å². The fourth-order valence-corrected chi connectivity index (χ4v) is 4.49. The van der Waals surface area contributed by atoms with E-state index in [1.807, 2.05) is 6.07 Å². The summed E-state index contributed by atoms with van der Waals surface area (Å²) in [6.07, 6.45) is 8.94. The molecule has 0 atom stereocenters. The lowest BCUT2D eigenvalue weighted by Crippen LogP contribution is -2.04. The number of carboxylic acids is 1. The maximum Gasteiger partial charge on any atom is 0.308 e. The Labute approximate surface area is 247 Å². The molecule has 3 aromatic carbocycles. The number of aromatic nitrogens is 3. The number of hydrogen-bond acceptors (Lipinski definition) is 10. The first-order valence-corrected chi connectivity index (χ1v) is 12.7. The minimum atomic E-state index is -1.10. The van der Waals surface area contributed by atoms with E-state index < -0.39 is 10.9 Å². The number of benzene rings is 3. The summed E-state index contributed by atoms with van der Waals surface area (Å²) in [5.74, 6) is -1.10. The molecule has 0 saturated heterocycles. The molecule has 220 valence electrons. The number of aryl methyl sites for hydroxylation is 1.